The topological polar surface area (TPSA) is 24.5 Å². The Morgan fingerprint density at radius 2 is 2.27 bits per heavy atom. The molecule has 82 valence electrons. The number of benzene rings is 1. The highest BCUT2D eigenvalue weighted by Gasteiger charge is 2.14. The molecule has 0 saturated carbocycles. The quantitative estimate of drug-likeness (QED) is 0.766. The highest BCUT2D eigenvalue weighted by Crippen LogP contribution is 2.22. The Morgan fingerprint density at radius 1 is 1.40 bits per heavy atom. The van der Waals surface area contributed by atoms with Crippen molar-refractivity contribution in [2.45, 2.75) is 19.9 Å². The van der Waals surface area contributed by atoms with Gasteiger partial charge in [0, 0.05) is 13.1 Å². The van der Waals surface area contributed by atoms with E-state index in [0.29, 0.717) is 0 Å². The molecule has 1 heterocycles. The Bertz CT molecular complexity index is 338. The standard InChI is InChI=1S/C12H18N2O/c1-3-14-7-6-10-8-12(13-15-2)5-4-11(10)9-14/h4-5,8,13H,3,6-7,9H2,1-2H3. The molecule has 3 heteroatoms. The van der Waals surface area contributed by atoms with Crippen molar-refractivity contribution in [3.05, 3.63) is 29.3 Å². The number of hydrogen-bond acceptors (Lipinski definition) is 3. The van der Waals surface area contributed by atoms with Crippen LogP contribution in [0.3, 0.4) is 0 Å². The van der Waals surface area contributed by atoms with Crippen molar-refractivity contribution in [3.63, 3.8) is 0 Å². The maximum atomic E-state index is 4.90. The molecule has 0 amide bonds. The van der Waals surface area contributed by atoms with Crippen LogP contribution in [0, 0.1) is 0 Å². The summed E-state index contributed by atoms with van der Waals surface area (Å²) in [6.07, 6.45) is 1.14. The highest BCUT2D eigenvalue weighted by atomic mass is 16.6. The Hall–Kier alpha value is -1.06. The number of nitrogens with one attached hydrogen (secondary N) is 1. The highest BCUT2D eigenvalue weighted by molar-refractivity contribution is 5.48. The van der Waals surface area contributed by atoms with E-state index in [1.807, 2.05) is 0 Å². The van der Waals surface area contributed by atoms with Crippen LogP contribution >= 0.6 is 0 Å². The molecule has 0 saturated heterocycles. The normalized spacial score (nSPS) is 16.1. The zero-order chi connectivity index (χ0) is 10.7. The van der Waals surface area contributed by atoms with Gasteiger partial charge >= 0.3 is 0 Å². The minimum absolute atomic E-state index is 1.04. The molecule has 2 rings (SSSR count). The van der Waals surface area contributed by atoms with E-state index in [1.165, 1.54) is 17.7 Å². The first-order valence-electron chi connectivity index (χ1n) is 5.46. The number of anilines is 1. The van der Waals surface area contributed by atoms with Crippen LogP contribution in [0.15, 0.2) is 18.2 Å². The summed E-state index contributed by atoms with van der Waals surface area (Å²) < 4.78 is 0. The van der Waals surface area contributed by atoms with Crippen LogP contribution in [0.2, 0.25) is 0 Å². The summed E-state index contributed by atoms with van der Waals surface area (Å²) in [5.41, 5.74) is 6.81. The predicted molar refractivity (Wildman–Crippen MR) is 61.7 cm³/mol. The second kappa shape index (κ2) is 4.64. The summed E-state index contributed by atoms with van der Waals surface area (Å²) in [6, 6.07) is 6.45. The molecule has 1 N–H and O–H groups in total. The molecule has 0 aromatic heterocycles. The number of likely N-dealkylation sites (N-methyl/N-ethyl adjacent to an activating group) is 1. The fourth-order valence-electron chi connectivity index (χ4n) is 2.06. The molecule has 1 aromatic carbocycles. The van der Waals surface area contributed by atoms with E-state index in [0.717, 1.165) is 25.2 Å². The monoisotopic (exact) mass is 206 g/mol. The fourth-order valence-corrected chi connectivity index (χ4v) is 2.06. The smallest absolute Gasteiger partial charge is 0.0636 e. The van der Waals surface area contributed by atoms with Crippen LogP contribution in [0.25, 0.3) is 0 Å². The van der Waals surface area contributed by atoms with Gasteiger partial charge in [-0.15, -0.1) is 0 Å². The van der Waals surface area contributed by atoms with E-state index in [-0.39, 0.29) is 0 Å². The van der Waals surface area contributed by atoms with E-state index in [4.69, 9.17) is 4.84 Å². The molecule has 0 aliphatic carbocycles. The first kappa shape index (κ1) is 10.5. The first-order valence-corrected chi connectivity index (χ1v) is 5.46. The Morgan fingerprint density at radius 3 is 3.00 bits per heavy atom. The first-order chi connectivity index (χ1) is 7.33. The molecule has 1 aromatic rings. The Balaban J connectivity index is 2.17. The third-order valence-electron chi connectivity index (χ3n) is 2.96. The van der Waals surface area contributed by atoms with Gasteiger partial charge in [0.05, 0.1) is 12.8 Å². The maximum Gasteiger partial charge on any atom is 0.0636 e. The van der Waals surface area contributed by atoms with Crippen LogP contribution in [0.1, 0.15) is 18.1 Å². The maximum absolute atomic E-state index is 4.90. The second-order valence-corrected chi connectivity index (χ2v) is 3.91. The van der Waals surface area contributed by atoms with E-state index < -0.39 is 0 Å². The van der Waals surface area contributed by atoms with Crippen molar-refractivity contribution in [3.8, 4) is 0 Å². The zero-order valence-corrected chi connectivity index (χ0v) is 9.42. The molecule has 1 aliphatic heterocycles. The van der Waals surface area contributed by atoms with Gasteiger partial charge in [-0.05, 0) is 36.2 Å². The van der Waals surface area contributed by atoms with E-state index in [1.54, 1.807) is 7.11 Å². The number of hydrogen-bond donors (Lipinski definition) is 1. The lowest BCUT2D eigenvalue weighted by molar-refractivity contribution is 0.265. The van der Waals surface area contributed by atoms with Gasteiger partial charge in [0.15, 0.2) is 0 Å². The molecular formula is C12H18N2O. The van der Waals surface area contributed by atoms with Crippen molar-refractivity contribution in [1.29, 1.82) is 0 Å². The van der Waals surface area contributed by atoms with Gasteiger partial charge in [0.25, 0.3) is 0 Å². The summed E-state index contributed by atoms with van der Waals surface area (Å²) >= 11 is 0. The molecule has 0 radical (unpaired) electrons. The lowest BCUT2D eigenvalue weighted by Crippen LogP contribution is -2.30. The minimum Gasteiger partial charge on any atom is -0.299 e. The number of rotatable bonds is 3. The average Bonchev–Trinajstić information content (AvgIpc) is 2.29. The third-order valence-corrected chi connectivity index (χ3v) is 2.96. The summed E-state index contributed by atoms with van der Waals surface area (Å²) in [6.45, 7) is 5.60. The number of fused-ring (bicyclic) bond motifs is 1. The third kappa shape index (κ3) is 2.30. The minimum atomic E-state index is 1.04. The van der Waals surface area contributed by atoms with Gasteiger partial charge < -0.3 is 0 Å². The molecule has 0 unspecified atom stereocenters. The van der Waals surface area contributed by atoms with Crippen LogP contribution in [0.5, 0.6) is 0 Å². The Kier molecular flexibility index (Phi) is 3.23. The van der Waals surface area contributed by atoms with Gasteiger partial charge in [-0.1, -0.05) is 13.0 Å². The molecule has 15 heavy (non-hydrogen) atoms. The Labute approximate surface area is 91.0 Å². The lowest BCUT2D eigenvalue weighted by atomic mass is 9.99. The molecule has 3 nitrogen and oxygen atoms in total. The van der Waals surface area contributed by atoms with E-state index in [9.17, 15) is 0 Å². The van der Waals surface area contributed by atoms with E-state index >= 15 is 0 Å². The van der Waals surface area contributed by atoms with Crippen molar-refractivity contribution in [2.75, 3.05) is 25.7 Å². The summed E-state index contributed by atoms with van der Waals surface area (Å²) in [4.78, 5) is 7.36. The SMILES string of the molecule is CCN1CCc2cc(NOC)ccc2C1. The fraction of sp³-hybridized carbons (Fsp3) is 0.500. The van der Waals surface area contributed by atoms with Crippen LogP contribution in [0.4, 0.5) is 5.69 Å². The van der Waals surface area contributed by atoms with Gasteiger partial charge in [0.1, 0.15) is 0 Å². The second-order valence-electron chi connectivity index (χ2n) is 3.91. The summed E-state index contributed by atoms with van der Waals surface area (Å²) in [5, 5.41) is 0. The lowest BCUT2D eigenvalue weighted by Gasteiger charge is -2.27. The molecule has 1 aliphatic rings. The van der Waals surface area contributed by atoms with Crippen LogP contribution < -0.4 is 5.48 Å². The van der Waals surface area contributed by atoms with Crippen molar-refractivity contribution < 1.29 is 4.84 Å². The van der Waals surface area contributed by atoms with Gasteiger partial charge in [0.2, 0.25) is 0 Å². The molecular weight excluding hydrogens is 188 g/mol. The molecule has 0 atom stereocenters. The summed E-state index contributed by atoms with van der Waals surface area (Å²) in [7, 11) is 1.64. The van der Waals surface area contributed by atoms with E-state index in [2.05, 4.69) is 35.5 Å². The molecule has 0 spiro atoms. The average molecular weight is 206 g/mol. The zero-order valence-electron chi connectivity index (χ0n) is 9.42. The molecule has 0 fully saturated rings. The van der Waals surface area contributed by atoms with Gasteiger partial charge in [-0.25, -0.2) is 0 Å². The summed E-state index contributed by atoms with van der Waals surface area (Å²) in [5.74, 6) is 0. The predicted octanol–water partition coefficient (Wildman–Crippen LogP) is 2.04. The molecule has 0 bridgehead atoms. The van der Waals surface area contributed by atoms with Crippen LogP contribution in [-0.4, -0.2) is 25.1 Å². The van der Waals surface area contributed by atoms with Crippen molar-refractivity contribution >= 4 is 5.69 Å². The van der Waals surface area contributed by atoms with Gasteiger partial charge in [-0.2, -0.15) is 0 Å². The van der Waals surface area contributed by atoms with Crippen LogP contribution in [-0.2, 0) is 17.8 Å². The number of nitrogens with zero attached hydrogens (tertiary/aromatic N) is 1. The van der Waals surface area contributed by atoms with Gasteiger partial charge in [-0.3, -0.25) is 15.2 Å². The largest absolute Gasteiger partial charge is 0.299 e. The van der Waals surface area contributed by atoms with Crippen molar-refractivity contribution in [1.82, 2.24) is 4.90 Å². The van der Waals surface area contributed by atoms with Crippen molar-refractivity contribution in [2.24, 2.45) is 0 Å².